The summed E-state index contributed by atoms with van der Waals surface area (Å²) in [7, 11) is 0. The van der Waals surface area contributed by atoms with Crippen molar-refractivity contribution in [3.63, 3.8) is 0 Å². The van der Waals surface area contributed by atoms with E-state index in [2.05, 4.69) is 25.5 Å². The second-order valence-corrected chi connectivity index (χ2v) is 5.57. The van der Waals surface area contributed by atoms with Crippen LogP contribution in [0.2, 0.25) is 0 Å². The number of benzene rings is 1. The van der Waals surface area contributed by atoms with Crippen molar-refractivity contribution in [1.82, 2.24) is 25.5 Å². The topological polar surface area (TPSA) is 92.8 Å². The van der Waals surface area contributed by atoms with Gasteiger partial charge in [0.2, 0.25) is 0 Å². The summed E-state index contributed by atoms with van der Waals surface area (Å²) >= 11 is 0. The summed E-state index contributed by atoms with van der Waals surface area (Å²) in [6, 6.07) is 7.42. The van der Waals surface area contributed by atoms with Crippen LogP contribution in [0.5, 0.6) is 5.75 Å². The van der Waals surface area contributed by atoms with Crippen LogP contribution >= 0.6 is 0 Å². The van der Waals surface area contributed by atoms with Crippen LogP contribution in [-0.4, -0.2) is 26.1 Å². The van der Waals surface area contributed by atoms with Gasteiger partial charge in [-0.2, -0.15) is 0 Å². The molecule has 2 N–H and O–H groups in total. The first-order valence-electron chi connectivity index (χ1n) is 7.57. The van der Waals surface area contributed by atoms with Crippen molar-refractivity contribution < 1.29 is 9.53 Å². The number of fused-ring (bicyclic) bond motifs is 3. The molecular formula is C17H15N5O2. The van der Waals surface area contributed by atoms with Crippen LogP contribution in [0.3, 0.4) is 0 Å². The maximum absolute atomic E-state index is 12.3. The number of amides is 1. The highest BCUT2D eigenvalue weighted by molar-refractivity contribution is 5.95. The Morgan fingerprint density at radius 1 is 1.29 bits per heavy atom. The van der Waals surface area contributed by atoms with Gasteiger partial charge in [-0.05, 0) is 36.8 Å². The second kappa shape index (κ2) is 5.77. The lowest BCUT2D eigenvalue weighted by Gasteiger charge is -2.20. The van der Waals surface area contributed by atoms with E-state index in [9.17, 15) is 4.79 Å². The van der Waals surface area contributed by atoms with Crippen molar-refractivity contribution in [3.05, 3.63) is 59.4 Å². The van der Waals surface area contributed by atoms with Gasteiger partial charge < -0.3 is 15.0 Å². The predicted molar refractivity (Wildman–Crippen MR) is 86.3 cm³/mol. The van der Waals surface area contributed by atoms with E-state index in [0.29, 0.717) is 30.3 Å². The third kappa shape index (κ3) is 2.60. The van der Waals surface area contributed by atoms with Crippen molar-refractivity contribution in [2.75, 3.05) is 0 Å². The number of carbonyl (C=O) groups is 1. The molecule has 0 saturated heterocycles. The fourth-order valence-electron chi connectivity index (χ4n) is 2.71. The highest BCUT2D eigenvalue weighted by Crippen LogP contribution is 2.37. The van der Waals surface area contributed by atoms with Crippen LogP contribution in [-0.2, 0) is 13.2 Å². The van der Waals surface area contributed by atoms with Gasteiger partial charge in [-0.15, -0.1) is 10.2 Å². The first-order valence-corrected chi connectivity index (χ1v) is 7.57. The van der Waals surface area contributed by atoms with E-state index in [4.69, 9.17) is 4.74 Å². The van der Waals surface area contributed by atoms with Gasteiger partial charge in [-0.3, -0.25) is 9.78 Å². The average molecular weight is 321 g/mol. The van der Waals surface area contributed by atoms with E-state index in [0.717, 1.165) is 22.5 Å². The summed E-state index contributed by atoms with van der Waals surface area (Å²) < 4.78 is 5.76. The van der Waals surface area contributed by atoms with Crippen molar-refractivity contribution in [3.8, 4) is 16.9 Å². The number of ether oxygens (including phenoxy) is 1. The van der Waals surface area contributed by atoms with Crippen LogP contribution in [0, 0.1) is 6.92 Å². The maximum Gasteiger partial charge on any atom is 0.251 e. The number of aromatic amines is 1. The summed E-state index contributed by atoms with van der Waals surface area (Å²) in [6.07, 6.45) is 3.56. The molecule has 3 aromatic rings. The zero-order valence-electron chi connectivity index (χ0n) is 13.0. The standard InChI is InChI=1S/C17H15N5O2/c1-10-20-16(22-21-10)8-19-17(23)11-2-3-14-13-4-5-18-7-12(13)9-24-15(14)6-11/h2-7H,8-9H2,1H3,(H,19,23)(H,20,21,22). The first kappa shape index (κ1) is 14.4. The molecule has 1 aromatic carbocycles. The van der Waals surface area contributed by atoms with Crippen LogP contribution < -0.4 is 10.1 Å². The van der Waals surface area contributed by atoms with Crippen LogP contribution in [0.15, 0.2) is 36.7 Å². The Balaban J connectivity index is 1.54. The van der Waals surface area contributed by atoms with Gasteiger partial charge in [0.25, 0.3) is 5.91 Å². The van der Waals surface area contributed by atoms with E-state index in [1.165, 1.54) is 0 Å². The van der Waals surface area contributed by atoms with Crippen molar-refractivity contribution >= 4 is 5.91 Å². The minimum Gasteiger partial charge on any atom is -0.488 e. The normalized spacial score (nSPS) is 12.0. The molecule has 0 aliphatic carbocycles. The van der Waals surface area contributed by atoms with Crippen molar-refractivity contribution in [2.45, 2.75) is 20.1 Å². The fourth-order valence-corrected chi connectivity index (χ4v) is 2.71. The summed E-state index contributed by atoms with van der Waals surface area (Å²) in [6.45, 7) is 2.57. The lowest BCUT2D eigenvalue weighted by Crippen LogP contribution is -2.23. The number of aryl methyl sites for hydroxylation is 1. The number of hydrogen-bond acceptors (Lipinski definition) is 5. The number of H-pyrrole nitrogens is 1. The molecule has 2 aromatic heterocycles. The van der Waals surface area contributed by atoms with Gasteiger partial charge in [-0.25, -0.2) is 0 Å². The molecule has 1 aliphatic heterocycles. The van der Waals surface area contributed by atoms with Gasteiger partial charge >= 0.3 is 0 Å². The van der Waals surface area contributed by atoms with Crippen LogP contribution in [0.25, 0.3) is 11.1 Å². The first-order chi connectivity index (χ1) is 11.7. The molecule has 0 bridgehead atoms. The number of hydrogen-bond donors (Lipinski definition) is 2. The predicted octanol–water partition coefficient (Wildman–Crippen LogP) is 2.00. The van der Waals surface area contributed by atoms with Crippen molar-refractivity contribution in [1.29, 1.82) is 0 Å². The number of rotatable bonds is 3. The summed E-state index contributed by atoms with van der Waals surface area (Å²) in [5.41, 5.74) is 3.65. The molecule has 3 heterocycles. The van der Waals surface area contributed by atoms with Crippen LogP contribution in [0.1, 0.15) is 27.6 Å². The SMILES string of the molecule is Cc1nnc(CNC(=O)c2ccc3c(c2)OCc2cnccc2-3)[nH]1. The highest BCUT2D eigenvalue weighted by Gasteiger charge is 2.19. The molecule has 0 fully saturated rings. The molecule has 7 nitrogen and oxygen atoms in total. The monoisotopic (exact) mass is 321 g/mol. The lowest BCUT2D eigenvalue weighted by atomic mass is 9.97. The molecule has 0 spiro atoms. The third-order valence-corrected chi connectivity index (χ3v) is 3.88. The van der Waals surface area contributed by atoms with E-state index < -0.39 is 0 Å². The van der Waals surface area contributed by atoms with Gasteiger partial charge in [-0.1, -0.05) is 0 Å². The number of carbonyl (C=O) groups excluding carboxylic acids is 1. The van der Waals surface area contributed by atoms with E-state index in [1.807, 2.05) is 19.1 Å². The van der Waals surface area contributed by atoms with Gasteiger partial charge in [0.15, 0.2) is 0 Å². The molecule has 0 unspecified atom stereocenters. The van der Waals surface area contributed by atoms with E-state index >= 15 is 0 Å². The van der Waals surface area contributed by atoms with E-state index in [1.54, 1.807) is 24.5 Å². The molecule has 0 atom stereocenters. The Hall–Kier alpha value is -3.22. The average Bonchev–Trinajstić information content (AvgIpc) is 3.04. The molecule has 7 heteroatoms. The van der Waals surface area contributed by atoms with Crippen molar-refractivity contribution in [2.24, 2.45) is 0 Å². The molecule has 1 aliphatic rings. The second-order valence-electron chi connectivity index (χ2n) is 5.57. The smallest absolute Gasteiger partial charge is 0.251 e. The Morgan fingerprint density at radius 2 is 2.21 bits per heavy atom. The largest absolute Gasteiger partial charge is 0.488 e. The van der Waals surface area contributed by atoms with Gasteiger partial charge in [0.05, 0.1) is 6.54 Å². The zero-order chi connectivity index (χ0) is 16.5. The zero-order valence-corrected chi connectivity index (χ0v) is 13.0. The van der Waals surface area contributed by atoms with E-state index in [-0.39, 0.29) is 5.91 Å². The van der Waals surface area contributed by atoms with Crippen LogP contribution in [0.4, 0.5) is 0 Å². The third-order valence-electron chi connectivity index (χ3n) is 3.88. The summed E-state index contributed by atoms with van der Waals surface area (Å²) in [4.78, 5) is 19.4. The number of aromatic nitrogens is 4. The fraction of sp³-hybridized carbons (Fsp3) is 0.176. The summed E-state index contributed by atoms with van der Waals surface area (Å²) in [5.74, 6) is 1.86. The summed E-state index contributed by atoms with van der Waals surface area (Å²) in [5, 5.41) is 10.6. The number of pyridine rings is 1. The molecule has 0 radical (unpaired) electrons. The highest BCUT2D eigenvalue weighted by atomic mass is 16.5. The lowest BCUT2D eigenvalue weighted by molar-refractivity contribution is 0.0949. The quantitative estimate of drug-likeness (QED) is 0.769. The molecule has 1 amide bonds. The maximum atomic E-state index is 12.3. The Kier molecular flexibility index (Phi) is 3.45. The molecule has 120 valence electrons. The Morgan fingerprint density at radius 3 is 3.04 bits per heavy atom. The molecule has 24 heavy (non-hydrogen) atoms. The van der Waals surface area contributed by atoms with Gasteiger partial charge in [0, 0.05) is 29.1 Å². The molecule has 4 rings (SSSR count). The Bertz CT molecular complexity index is 919. The minimum atomic E-state index is -0.184. The Labute approximate surface area is 138 Å². The number of nitrogens with one attached hydrogen (secondary N) is 2. The number of nitrogens with zero attached hydrogens (tertiary/aromatic N) is 3. The molecular weight excluding hydrogens is 306 g/mol. The molecule has 0 saturated carbocycles. The minimum absolute atomic E-state index is 0.184. The van der Waals surface area contributed by atoms with Gasteiger partial charge in [0.1, 0.15) is 24.0 Å².